The summed E-state index contributed by atoms with van der Waals surface area (Å²) in [5, 5.41) is 2.84. The molecule has 1 aromatic carbocycles. The Hall–Kier alpha value is -2.29. The summed E-state index contributed by atoms with van der Waals surface area (Å²) in [4.78, 5) is 14.6. The van der Waals surface area contributed by atoms with Gasteiger partial charge in [0, 0.05) is 25.0 Å². The average molecular weight is 268 g/mol. The third-order valence-corrected chi connectivity index (χ3v) is 3.16. The number of hydrogen-bond donors (Lipinski definition) is 2. The van der Waals surface area contributed by atoms with Crippen LogP contribution in [-0.4, -0.2) is 10.9 Å². The lowest BCUT2D eigenvalue weighted by Crippen LogP contribution is -2.19. The van der Waals surface area contributed by atoms with Crippen LogP contribution in [0.15, 0.2) is 48.8 Å². The predicted molar refractivity (Wildman–Crippen MR) is 82.2 cm³/mol. The number of hydrogen-bond acceptors (Lipinski definition) is 1. The third kappa shape index (κ3) is 4.12. The van der Waals surface area contributed by atoms with Crippen molar-refractivity contribution in [3.63, 3.8) is 0 Å². The van der Waals surface area contributed by atoms with Gasteiger partial charge in [0.2, 0.25) is 5.91 Å². The maximum Gasteiger partial charge on any atom is 0.244 e. The summed E-state index contributed by atoms with van der Waals surface area (Å²) < 4.78 is 0. The molecule has 2 N–H and O–H groups in total. The fourth-order valence-corrected chi connectivity index (χ4v) is 1.88. The Morgan fingerprint density at radius 3 is 2.60 bits per heavy atom. The number of benzene rings is 1. The minimum absolute atomic E-state index is 0.0841. The summed E-state index contributed by atoms with van der Waals surface area (Å²) in [5.74, 6) is 0.441. The monoisotopic (exact) mass is 268 g/mol. The van der Waals surface area contributed by atoms with Gasteiger partial charge < -0.3 is 10.3 Å². The highest BCUT2D eigenvalue weighted by atomic mass is 16.1. The van der Waals surface area contributed by atoms with Crippen LogP contribution in [0.4, 0.5) is 0 Å². The van der Waals surface area contributed by atoms with Crippen molar-refractivity contribution < 1.29 is 4.79 Å². The van der Waals surface area contributed by atoms with Gasteiger partial charge in [0.15, 0.2) is 0 Å². The Balaban J connectivity index is 1.86. The molecule has 20 heavy (non-hydrogen) atoms. The molecule has 0 aliphatic heterocycles. The van der Waals surface area contributed by atoms with Crippen LogP contribution in [0.25, 0.3) is 6.08 Å². The van der Waals surface area contributed by atoms with E-state index in [-0.39, 0.29) is 5.91 Å². The molecule has 0 atom stereocenters. The molecule has 2 aromatic rings. The van der Waals surface area contributed by atoms with E-state index >= 15 is 0 Å². The van der Waals surface area contributed by atoms with Crippen LogP contribution in [-0.2, 0) is 11.3 Å². The quantitative estimate of drug-likeness (QED) is 0.801. The van der Waals surface area contributed by atoms with E-state index in [0.717, 1.165) is 11.1 Å². The van der Waals surface area contributed by atoms with E-state index in [1.54, 1.807) is 6.08 Å². The Morgan fingerprint density at radius 1 is 1.25 bits per heavy atom. The number of carbonyl (C=O) groups excluding carboxylic acids is 1. The Kier molecular flexibility index (Phi) is 4.77. The van der Waals surface area contributed by atoms with Crippen molar-refractivity contribution in [2.75, 3.05) is 0 Å². The minimum Gasteiger partial charge on any atom is -0.367 e. The van der Waals surface area contributed by atoms with Crippen LogP contribution in [0.2, 0.25) is 0 Å². The molecule has 0 aliphatic rings. The van der Waals surface area contributed by atoms with Crippen LogP contribution in [0.3, 0.4) is 0 Å². The first-order valence-electron chi connectivity index (χ1n) is 6.82. The van der Waals surface area contributed by atoms with Gasteiger partial charge in [-0.25, -0.2) is 0 Å². The second-order valence-electron chi connectivity index (χ2n) is 5.09. The molecule has 0 saturated carbocycles. The second kappa shape index (κ2) is 6.75. The fourth-order valence-electron chi connectivity index (χ4n) is 1.88. The first-order valence-corrected chi connectivity index (χ1v) is 6.82. The molecule has 1 aromatic heterocycles. The Labute approximate surface area is 119 Å². The summed E-state index contributed by atoms with van der Waals surface area (Å²) in [5.41, 5.74) is 3.40. The highest BCUT2D eigenvalue weighted by molar-refractivity contribution is 5.91. The van der Waals surface area contributed by atoms with Gasteiger partial charge in [-0.05, 0) is 34.8 Å². The normalized spacial score (nSPS) is 11.2. The molecule has 0 unspecified atom stereocenters. The Bertz CT molecular complexity index is 566. The van der Waals surface area contributed by atoms with Crippen molar-refractivity contribution >= 4 is 12.0 Å². The molecule has 3 nitrogen and oxygen atoms in total. The molecule has 104 valence electrons. The van der Waals surface area contributed by atoms with Crippen molar-refractivity contribution in [3.05, 3.63) is 65.5 Å². The number of rotatable bonds is 5. The molecule has 0 fully saturated rings. The molecule has 0 saturated heterocycles. The van der Waals surface area contributed by atoms with Crippen molar-refractivity contribution in [2.45, 2.75) is 26.3 Å². The lowest BCUT2D eigenvalue weighted by Gasteiger charge is -2.04. The van der Waals surface area contributed by atoms with E-state index in [9.17, 15) is 4.79 Å². The molecular weight excluding hydrogens is 248 g/mol. The van der Waals surface area contributed by atoms with E-state index in [1.165, 1.54) is 5.56 Å². The number of aromatic nitrogens is 1. The fraction of sp³-hybridized carbons (Fsp3) is 0.235. The standard InChI is InChI=1S/C17H20N2O/c1-13(2)16-6-3-14(4-7-16)5-8-17(20)19-12-15-9-10-18-11-15/h3-11,13,18H,12H2,1-2H3,(H,19,20)/b8-5+. The van der Waals surface area contributed by atoms with Crippen LogP contribution < -0.4 is 5.32 Å². The Morgan fingerprint density at radius 2 is 2.00 bits per heavy atom. The van der Waals surface area contributed by atoms with Crippen molar-refractivity contribution in [1.29, 1.82) is 0 Å². The SMILES string of the molecule is CC(C)c1ccc(/C=C/C(=O)NCc2cc[nH]c2)cc1. The molecule has 0 spiro atoms. The summed E-state index contributed by atoms with van der Waals surface area (Å²) in [6.07, 6.45) is 7.11. The van der Waals surface area contributed by atoms with E-state index in [2.05, 4.69) is 36.3 Å². The van der Waals surface area contributed by atoms with E-state index in [0.29, 0.717) is 12.5 Å². The van der Waals surface area contributed by atoms with Crippen LogP contribution >= 0.6 is 0 Å². The smallest absolute Gasteiger partial charge is 0.244 e. The van der Waals surface area contributed by atoms with Gasteiger partial charge in [0.1, 0.15) is 0 Å². The van der Waals surface area contributed by atoms with E-state index in [1.807, 2.05) is 36.7 Å². The number of carbonyl (C=O) groups is 1. The van der Waals surface area contributed by atoms with Crippen LogP contribution in [0.1, 0.15) is 36.5 Å². The van der Waals surface area contributed by atoms with Crippen LogP contribution in [0, 0.1) is 0 Å². The number of aromatic amines is 1. The van der Waals surface area contributed by atoms with Gasteiger partial charge >= 0.3 is 0 Å². The predicted octanol–water partition coefficient (Wildman–Crippen LogP) is 3.47. The van der Waals surface area contributed by atoms with E-state index in [4.69, 9.17) is 0 Å². The lowest BCUT2D eigenvalue weighted by atomic mass is 10.0. The number of amides is 1. The average Bonchev–Trinajstić information content (AvgIpc) is 2.96. The highest BCUT2D eigenvalue weighted by Crippen LogP contribution is 2.15. The van der Waals surface area contributed by atoms with Gasteiger partial charge in [0.25, 0.3) is 0 Å². The summed E-state index contributed by atoms with van der Waals surface area (Å²) in [6.45, 7) is 4.87. The lowest BCUT2D eigenvalue weighted by molar-refractivity contribution is -0.116. The topological polar surface area (TPSA) is 44.9 Å². The molecule has 2 rings (SSSR count). The summed E-state index contributed by atoms with van der Waals surface area (Å²) in [6, 6.07) is 10.2. The first kappa shape index (κ1) is 14.1. The van der Waals surface area contributed by atoms with Crippen molar-refractivity contribution in [2.24, 2.45) is 0 Å². The zero-order valence-corrected chi connectivity index (χ0v) is 11.9. The minimum atomic E-state index is -0.0841. The zero-order chi connectivity index (χ0) is 14.4. The van der Waals surface area contributed by atoms with Crippen molar-refractivity contribution in [3.8, 4) is 0 Å². The number of H-pyrrole nitrogens is 1. The maximum atomic E-state index is 11.7. The zero-order valence-electron chi connectivity index (χ0n) is 11.9. The van der Waals surface area contributed by atoms with Gasteiger partial charge in [0.05, 0.1) is 0 Å². The van der Waals surface area contributed by atoms with Gasteiger partial charge in [-0.3, -0.25) is 4.79 Å². The van der Waals surface area contributed by atoms with Crippen LogP contribution in [0.5, 0.6) is 0 Å². The molecule has 0 bridgehead atoms. The van der Waals surface area contributed by atoms with Gasteiger partial charge in [-0.2, -0.15) is 0 Å². The molecule has 0 radical (unpaired) electrons. The summed E-state index contributed by atoms with van der Waals surface area (Å²) >= 11 is 0. The van der Waals surface area contributed by atoms with Crippen molar-refractivity contribution in [1.82, 2.24) is 10.3 Å². The maximum absolute atomic E-state index is 11.7. The number of nitrogens with one attached hydrogen (secondary N) is 2. The molecule has 3 heteroatoms. The highest BCUT2D eigenvalue weighted by Gasteiger charge is 1.99. The third-order valence-electron chi connectivity index (χ3n) is 3.16. The van der Waals surface area contributed by atoms with Gasteiger partial charge in [-0.15, -0.1) is 0 Å². The molecular formula is C17H20N2O. The second-order valence-corrected chi connectivity index (χ2v) is 5.09. The molecule has 1 heterocycles. The van der Waals surface area contributed by atoms with E-state index < -0.39 is 0 Å². The van der Waals surface area contributed by atoms with Gasteiger partial charge in [-0.1, -0.05) is 38.1 Å². The molecule has 0 aliphatic carbocycles. The summed E-state index contributed by atoms with van der Waals surface area (Å²) in [7, 11) is 0. The largest absolute Gasteiger partial charge is 0.367 e. The molecule has 1 amide bonds. The first-order chi connectivity index (χ1) is 9.65.